The highest BCUT2D eigenvalue weighted by molar-refractivity contribution is 6.36. The topological polar surface area (TPSA) is 127 Å². The number of carbonyl (C=O) groups is 1. The van der Waals surface area contributed by atoms with Gasteiger partial charge in [-0.05, 0) is 169 Å². The van der Waals surface area contributed by atoms with E-state index in [0.29, 0.717) is 37.4 Å². The molecule has 5 aromatic carbocycles. The number of benzene rings is 5. The number of aromatic nitrogens is 1. The van der Waals surface area contributed by atoms with Crippen molar-refractivity contribution in [2.24, 2.45) is 48.0 Å². The summed E-state index contributed by atoms with van der Waals surface area (Å²) in [5, 5.41) is 1.67. The van der Waals surface area contributed by atoms with Crippen molar-refractivity contribution in [1.29, 1.82) is 0 Å². The zero-order valence-corrected chi connectivity index (χ0v) is 77.9. The van der Waals surface area contributed by atoms with Crippen LogP contribution in [0, 0.1) is 75.5 Å². The van der Waals surface area contributed by atoms with Crippen molar-refractivity contribution in [1.82, 2.24) is 9.47 Å². The lowest BCUT2D eigenvalue weighted by molar-refractivity contribution is -0.164. The van der Waals surface area contributed by atoms with Gasteiger partial charge in [0, 0.05) is 112 Å². The van der Waals surface area contributed by atoms with Crippen LogP contribution in [-0.4, -0.2) is 149 Å². The largest absolute Gasteiger partial charge is 0.494 e. The van der Waals surface area contributed by atoms with Gasteiger partial charge in [-0.1, -0.05) is 241 Å². The summed E-state index contributed by atoms with van der Waals surface area (Å²) < 4.78 is 115. The maximum absolute atomic E-state index is 11.6. The number of amides is 1. The van der Waals surface area contributed by atoms with E-state index in [-0.39, 0.29) is 19.1 Å². The minimum absolute atomic E-state index is 0.0218. The number of unbranched alkanes of at least 4 members (excludes halogenated alkanes) is 3. The maximum atomic E-state index is 11.6. The highest BCUT2D eigenvalue weighted by Gasteiger charge is 2.35. The molecule has 117 heavy (non-hydrogen) atoms. The molecule has 1 aromatic heterocycles. The smallest absolute Gasteiger partial charge is 0.391 e. The zero-order chi connectivity index (χ0) is 88.6. The minimum Gasteiger partial charge on any atom is -0.494 e. The third-order valence-electron chi connectivity index (χ3n) is 19.1. The van der Waals surface area contributed by atoms with Gasteiger partial charge in [-0.25, -0.2) is 0 Å². The molecule has 0 saturated heterocycles. The molecule has 9 rings (SSSR count). The van der Waals surface area contributed by atoms with E-state index in [4.69, 9.17) is 59.0 Å². The quantitative estimate of drug-likeness (QED) is 0.0270. The number of para-hydroxylation sites is 1. The van der Waals surface area contributed by atoms with Crippen LogP contribution in [0.5, 0.6) is 17.2 Å². The molecule has 0 spiro atoms. The predicted octanol–water partition coefficient (Wildman–Crippen LogP) is 26.3. The van der Waals surface area contributed by atoms with Crippen molar-refractivity contribution in [2.45, 2.75) is 259 Å². The van der Waals surface area contributed by atoms with Crippen LogP contribution in [0.4, 0.5) is 22.0 Å². The van der Waals surface area contributed by atoms with E-state index in [1.165, 1.54) is 96.1 Å². The zero-order valence-electron chi connectivity index (χ0n) is 77.2. The average Bonchev–Trinajstić information content (AvgIpc) is 1.63. The van der Waals surface area contributed by atoms with Crippen molar-refractivity contribution in [3.05, 3.63) is 159 Å². The molecule has 3 aliphatic rings. The SMILES string of the molecule is CC(C)C(F)(F)F.CC1(C)CC1.CCC(C)C.CCC(C)CC.CCC1CC1COC.CCCCOC(F)F.COCCCCOCc1ccc(C)cc1.COCCCCOc1ccc(C)cc1.COCCCOc1ccc(C)cc1.Cc1c(Cl)c2cccc(OCC(=O)N(C)C)c2n1C.Cc1ccc(COCC(C)COC2CC2)cc1. The van der Waals surface area contributed by atoms with Gasteiger partial charge in [0.05, 0.1) is 62.9 Å². The van der Waals surface area contributed by atoms with Gasteiger partial charge in [-0.2, -0.15) is 22.0 Å². The minimum atomic E-state index is -4.00. The van der Waals surface area contributed by atoms with E-state index in [0.717, 1.165) is 174 Å². The van der Waals surface area contributed by atoms with Crippen LogP contribution in [0.1, 0.15) is 232 Å². The van der Waals surface area contributed by atoms with Gasteiger partial charge in [-0.15, -0.1) is 0 Å². The van der Waals surface area contributed by atoms with Gasteiger partial charge in [0.25, 0.3) is 5.91 Å². The number of aryl methyl sites for hydroxylation is 5. The number of hydrogen-bond acceptors (Lipinski definition) is 12. The van der Waals surface area contributed by atoms with E-state index in [2.05, 4.69) is 162 Å². The molecule has 0 aliphatic heterocycles. The van der Waals surface area contributed by atoms with Crippen LogP contribution in [0.15, 0.2) is 115 Å². The molecule has 0 N–H and O–H groups in total. The van der Waals surface area contributed by atoms with Crippen molar-refractivity contribution in [3.63, 3.8) is 0 Å². The first-order valence-corrected chi connectivity index (χ1v) is 43.2. The highest BCUT2D eigenvalue weighted by Crippen LogP contribution is 2.44. The highest BCUT2D eigenvalue weighted by atomic mass is 35.5. The first-order valence-electron chi connectivity index (χ1n) is 42.8. The van der Waals surface area contributed by atoms with Gasteiger partial charge >= 0.3 is 12.8 Å². The van der Waals surface area contributed by atoms with Crippen molar-refractivity contribution in [3.8, 4) is 17.2 Å². The number of ether oxygens (including phenoxy) is 11. The summed E-state index contributed by atoms with van der Waals surface area (Å²) in [6.45, 7) is 43.2. The van der Waals surface area contributed by atoms with Gasteiger partial charge in [0.1, 0.15) is 17.2 Å². The number of nitrogens with zero attached hydrogens (tertiary/aromatic N) is 2. The van der Waals surface area contributed by atoms with E-state index in [9.17, 15) is 26.7 Å². The number of methoxy groups -OCH3 is 4. The van der Waals surface area contributed by atoms with Crippen LogP contribution in [-0.2, 0) is 63.0 Å². The molecular weight excluding hydrogens is 1520 g/mol. The van der Waals surface area contributed by atoms with Crippen molar-refractivity contribution < 1.29 is 78.9 Å². The second kappa shape index (κ2) is 69.7. The standard InChI is InChI=1S/C15H22O2.C14H17ClN2O2.C13H20O2.C12H18O2.C11H16O2.C7H14O.C6H14.C5H10F2O.C5H10.C5H12.C4H7F3/c1-12-3-5-14(6-4-12)11-16-9-13(2)10-17-15-7-8-15;1-9-13(15)10-6-5-7-11(14(10)17(9)4)19-8-12(18)16(2)3;1-12-5-7-13(8-6-12)11-15-10-4-3-9-14-2;1-11-5-7-12(8-6-11)14-10-4-3-9-13-2;1-10-4-6-11(7-5-10)13-9-3-8-12-2;1-3-6-4-7(6)5-8-2;1-4-6(3)5-2;1-2-3-4-8-5(6)7;1-5(2)3-4-5;1-4-5(2)3;1-3(2)4(5,6)7/h3-6,13,15H,7-11H2,1-2H3;5-7H,8H2,1-4H3;5-8H,3-4,9-11H2,1-2H3;5-8H,3-4,9-10H2,1-2H3;4-7H,3,8-9H2,1-2H3;6-7H,3-5H2,1-2H3;6H,4-5H2,1-3H3;5H,2-4H2,1H3;3-4H2,1-2H3;5H,4H2,1-3H3;3H,1-2H3. The fourth-order valence-electron chi connectivity index (χ4n) is 9.20. The summed E-state index contributed by atoms with van der Waals surface area (Å²) in [4.78, 5) is 13.1. The van der Waals surface area contributed by atoms with Gasteiger partial charge in [0.15, 0.2) is 6.61 Å². The number of fused-ring (bicyclic) bond motifs is 1. The lowest BCUT2D eigenvalue weighted by Gasteiger charge is -2.12. The second-order valence-corrected chi connectivity index (χ2v) is 32.5. The fraction of sp³-hybridized carbons (Fsp3) is 0.660. The Morgan fingerprint density at radius 3 is 1.37 bits per heavy atom. The lowest BCUT2D eigenvalue weighted by atomic mass is 10.1. The van der Waals surface area contributed by atoms with E-state index in [1.807, 2.05) is 80.1 Å². The number of likely N-dealkylation sites (N-methyl/N-ethyl adjacent to an activating group) is 1. The fourth-order valence-corrected chi connectivity index (χ4v) is 9.47. The summed E-state index contributed by atoms with van der Waals surface area (Å²) in [6.07, 6.45) is 15.4. The number of carbonyl (C=O) groups excluding carboxylic acids is 1. The Balaban J connectivity index is 0. The first kappa shape index (κ1) is 113. The van der Waals surface area contributed by atoms with E-state index in [1.54, 1.807) is 42.5 Å². The van der Waals surface area contributed by atoms with Gasteiger partial charge in [-0.3, -0.25) is 4.79 Å². The molecule has 672 valence electrons. The Hall–Kier alpha value is -5.87. The number of hydrogen-bond donors (Lipinski definition) is 0. The molecule has 3 saturated carbocycles. The molecule has 3 fully saturated rings. The second-order valence-electron chi connectivity index (χ2n) is 32.1. The molecule has 3 aliphatic carbocycles. The van der Waals surface area contributed by atoms with Crippen molar-refractivity contribution in [2.75, 3.05) is 115 Å². The van der Waals surface area contributed by atoms with Crippen LogP contribution in [0.25, 0.3) is 10.9 Å². The third kappa shape index (κ3) is 64.6. The number of halogens is 6. The Morgan fingerprint density at radius 1 is 0.556 bits per heavy atom. The summed E-state index contributed by atoms with van der Waals surface area (Å²) in [5.74, 6) is 5.49. The Bertz CT molecular complexity index is 3270. The Morgan fingerprint density at radius 2 is 0.991 bits per heavy atom. The number of alkyl halides is 5. The summed E-state index contributed by atoms with van der Waals surface area (Å²) in [6, 6.07) is 38.8. The monoisotopic (exact) mass is 1680 g/mol. The average molecular weight is 1680 g/mol. The predicted molar refractivity (Wildman–Crippen MR) is 478 cm³/mol. The maximum Gasteiger partial charge on any atom is 0.391 e. The molecule has 3 atom stereocenters. The molecule has 1 amide bonds. The Kier molecular flexibility index (Phi) is 67.5. The molecule has 14 nitrogen and oxygen atoms in total. The van der Waals surface area contributed by atoms with Gasteiger partial charge < -0.3 is 61.6 Å². The van der Waals surface area contributed by atoms with Crippen LogP contribution >= 0.6 is 11.6 Å². The van der Waals surface area contributed by atoms with Gasteiger partial charge in [0.2, 0.25) is 0 Å². The van der Waals surface area contributed by atoms with E-state index >= 15 is 0 Å². The van der Waals surface area contributed by atoms with Crippen LogP contribution in [0.3, 0.4) is 0 Å². The Labute approximate surface area is 712 Å². The lowest BCUT2D eigenvalue weighted by Crippen LogP contribution is -2.27. The summed E-state index contributed by atoms with van der Waals surface area (Å²) >= 11 is 6.28. The third-order valence-corrected chi connectivity index (χ3v) is 19.6. The molecular formula is C97H160ClF5N2O12. The molecule has 6 aromatic rings. The molecule has 20 heteroatoms. The van der Waals surface area contributed by atoms with E-state index < -0.39 is 18.7 Å². The first-order chi connectivity index (χ1) is 55.5. The normalized spacial score (nSPS) is 14.0. The summed E-state index contributed by atoms with van der Waals surface area (Å²) in [7, 11) is 12.3. The summed E-state index contributed by atoms with van der Waals surface area (Å²) in [5.41, 5.74) is 10.2. The molecule has 1 heterocycles. The van der Waals surface area contributed by atoms with Crippen LogP contribution in [0.2, 0.25) is 5.02 Å². The van der Waals surface area contributed by atoms with Crippen molar-refractivity contribution >= 4 is 28.4 Å². The molecule has 0 radical (unpaired) electrons. The number of rotatable bonds is 38. The molecule has 3 unspecified atom stereocenters. The van der Waals surface area contributed by atoms with Crippen LogP contribution < -0.4 is 14.2 Å². The molecule has 0 bridgehead atoms.